The van der Waals surface area contributed by atoms with E-state index in [9.17, 15) is 9.59 Å². The predicted octanol–water partition coefficient (Wildman–Crippen LogP) is 3.17. The number of amides is 2. The second-order valence-corrected chi connectivity index (χ2v) is 6.62. The molecule has 1 fully saturated rings. The molecule has 5 heteroatoms. The highest BCUT2D eigenvalue weighted by Gasteiger charge is 2.28. The first-order chi connectivity index (χ1) is 11.2. The first-order valence-corrected chi connectivity index (χ1v) is 8.81. The lowest BCUT2D eigenvalue weighted by atomic mass is 9.96. The van der Waals surface area contributed by atoms with Gasteiger partial charge in [0.2, 0.25) is 11.8 Å². The molecular formula is C18H20N2O2S. The van der Waals surface area contributed by atoms with E-state index in [2.05, 4.69) is 5.32 Å². The zero-order valence-corrected chi connectivity index (χ0v) is 13.7. The summed E-state index contributed by atoms with van der Waals surface area (Å²) >= 11 is 1.60. The zero-order chi connectivity index (χ0) is 16.1. The normalized spacial score (nSPS) is 17.7. The molecule has 0 radical (unpaired) electrons. The van der Waals surface area contributed by atoms with Gasteiger partial charge in [0.05, 0.1) is 12.3 Å². The highest BCUT2D eigenvalue weighted by atomic mass is 32.1. The maximum absolute atomic E-state index is 12.4. The lowest BCUT2D eigenvalue weighted by Crippen LogP contribution is -2.44. The van der Waals surface area contributed by atoms with Crippen molar-refractivity contribution >= 4 is 28.8 Å². The molecule has 2 heterocycles. The largest absolute Gasteiger partial charge is 0.342 e. The molecular weight excluding hydrogens is 308 g/mol. The Bertz CT molecular complexity index is 655. The zero-order valence-electron chi connectivity index (χ0n) is 12.9. The fraction of sp³-hybridized carbons (Fsp3) is 0.333. The third-order valence-corrected chi connectivity index (χ3v) is 4.85. The standard InChI is InChI=1S/C18H20N2O2S/c21-17(11-14-8-10-23-13-14)20-9-4-5-15(12-20)18(22)19-16-6-2-1-3-7-16/h1-3,6-8,10,13,15H,4-5,9,11-12H2,(H,19,22)/t15-/m1/s1. The van der Waals surface area contributed by atoms with Crippen LogP contribution in [0, 0.1) is 5.92 Å². The SMILES string of the molecule is O=C(Nc1ccccc1)[C@@H]1CCCN(C(=O)Cc2ccsc2)C1. The van der Waals surface area contributed by atoms with Gasteiger partial charge in [-0.2, -0.15) is 11.3 Å². The Morgan fingerprint density at radius 2 is 2.04 bits per heavy atom. The molecule has 1 N–H and O–H groups in total. The van der Waals surface area contributed by atoms with Crippen LogP contribution < -0.4 is 5.32 Å². The van der Waals surface area contributed by atoms with Crippen LogP contribution >= 0.6 is 11.3 Å². The van der Waals surface area contributed by atoms with Crippen molar-refractivity contribution in [1.29, 1.82) is 0 Å². The van der Waals surface area contributed by atoms with Crippen LogP contribution in [0.1, 0.15) is 18.4 Å². The molecule has 0 aliphatic carbocycles. The number of nitrogens with zero attached hydrogens (tertiary/aromatic N) is 1. The van der Waals surface area contributed by atoms with Crippen molar-refractivity contribution in [1.82, 2.24) is 4.90 Å². The average Bonchev–Trinajstić information content (AvgIpc) is 3.09. The Labute approximate surface area is 140 Å². The van der Waals surface area contributed by atoms with E-state index in [-0.39, 0.29) is 17.7 Å². The Kier molecular flexibility index (Phi) is 5.08. The molecule has 0 unspecified atom stereocenters. The molecule has 2 amide bonds. The van der Waals surface area contributed by atoms with Gasteiger partial charge in [-0.15, -0.1) is 0 Å². The number of anilines is 1. The highest BCUT2D eigenvalue weighted by Crippen LogP contribution is 2.20. The van der Waals surface area contributed by atoms with E-state index in [4.69, 9.17) is 0 Å². The van der Waals surface area contributed by atoms with Crippen LogP contribution in [0.15, 0.2) is 47.2 Å². The minimum atomic E-state index is -0.129. The summed E-state index contributed by atoms with van der Waals surface area (Å²) in [5.41, 5.74) is 1.86. The van der Waals surface area contributed by atoms with Gasteiger partial charge in [0.25, 0.3) is 0 Å². The smallest absolute Gasteiger partial charge is 0.229 e. The van der Waals surface area contributed by atoms with E-state index in [1.807, 2.05) is 52.1 Å². The maximum Gasteiger partial charge on any atom is 0.229 e. The van der Waals surface area contributed by atoms with Gasteiger partial charge >= 0.3 is 0 Å². The first kappa shape index (κ1) is 15.7. The fourth-order valence-corrected chi connectivity index (χ4v) is 3.53. The van der Waals surface area contributed by atoms with E-state index in [0.717, 1.165) is 30.6 Å². The number of benzene rings is 1. The summed E-state index contributed by atoms with van der Waals surface area (Å²) in [5, 5.41) is 6.92. The molecule has 1 aliphatic rings. The second-order valence-electron chi connectivity index (χ2n) is 5.84. The van der Waals surface area contributed by atoms with E-state index in [1.54, 1.807) is 11.3 Å². The molecule has 1 aromatic carbocycles. The summed E-state index contributed by atoms with van der Waals surface area (Å²) in [6.45, 7) is 1.26. The van der Waals surface area contributed by atoms with Crippen LogP contribution in [0.3, 0.4) is 0 Å². The molecule has 1 aromatic heterocycles. The molecule has 4 nitrogen and oxygen atoms in total. The summed E-state index contributed by atoms with van der Waals surface area (Å²) in [4.78, 5) is 26.6. The Morgan fingerprint density at radius 3 is 2.78 bits per heavy atom. The number of carbonyl (C=O) groups excluding carboxylic acids is 2. The minimum Gasteiger partial charge on any atom is -0.342 e. The molecule has 1 atom stereocenters. The van der Waals surface area contributed by atoms with Crippen LogP contribution in [0.5, 0.6) is 0 Å². The van der Waals surface area contributed by atoms with E-state index < -0.39 is 0 Å². The molecule has 0 spiro atoms. The van der Waals surface area contributed by atoms with Gasteiger partial charge in [0.15, 0.2) is 0 Å². The Hall–Kier alpha value is -2.14. The van der Waals surface area contributed by atoms with Crippen molar-refractivity contribution in [2.24, 2.45) is 5.92 Å². The van der Waals surface area contributed by atoms with Crippen molar-refractivity contribution in [2.45, 2.75) is 19.3 Å². The number of rotatable bonds is 4. The van der Waals surface area contributed by atoms with Gasteiger partial charge in [0, 0.05) is 18.8 Å². The van der Waals surface area contributed by atoms with Crippen molar-refractivity contribution in [3.05, 3.63) is 52.7 Å². The topological polar surface area (TPSA) is 49.4 Å². The number of carbonyl (C=O) groups is 2. The first-order valence-electron chi connectivity index (χ1n) is 7.87. The van der Waals surface area contributed by atoms with Crippen molar-refractivity contribution < 1.29 is 9.59 Å². The van der Waals surface area contributed by atoms with Crippen LogP contribution in [-0.2, 0) is 16.0 Å². The third kappa shape index (κ3) is 4.20. The van der Waals surface area contributed by atoms with Crippen molar-refractivity contribution in [3.63, 3.8) is 0 Å². The number of para-hydroxylation sites is 1. The van der Waals surface area contributed by atoms with Crippen LogP contribution in [0.4, 0.5) is 5.69 Å². The molecule has 0 bridgehead atoms. The summed E-state index contributed by atoms with van der Waals surface area (Å²) < 4.78 is 0. The van der Waals surface area contributed by atoms with Crippen molar-refractivity contribution in [2.75, 3.05) is 18.4 Å². The third-order valence-electron chi connectivity index (χ3n) is 4.12. The predicted molar refractivity (Wildman–Crippen MR) is 92.4 cm³/mol. The van der Waals surface area contributed by atoms with Gasteiger partial charge in [0.1, 0.15) is 0 Å². The number of nitrogens with one attached hydrogen (secondary N) is 1. The number of hydrogen-bond donors (Lipinski definition) is 1. The molecule has 2 aromatic rings. The highest BCUT2D eigenvalue weighted by molar-refractivity contribution is 7.08. The molecule has 1 saturated heterocycles. The Morgan fingerprint density at radius 1 is 1.22 bits per heavy atom. The van der Waals surface area contributed by atoms with Gasteiger partial charge in [-0.3, -0.25) is 9.59 Å². The van der Waals surface area contributed by atoms with Crippen LogP contribution in [-0.4, -0.2) is 29.8 Å². The molecule has 3 rings (SSSR count). The lowest BCUT2D eigenvalue weighted by molar-refractivity contribution is -0.133. The quantitative estimate of drug-likeness (QED) is 0.937. The molecule has 120 valence electrons. The summed E-state index contributed by atoms with van der Waals surface area (Å²) in [6.07, 6.45) is 2.14. The number of likely N-dealkylation sites (tertiary alicyclic amines) is 1. The number of piperidine rings is 1. The summed E-state index contributed by atoms with van der Waals surface area (Å²) in [5.74, 6) is -0.0137. The van der Waals surface area contributed by atoms with Crippen LogP contribution in [0.25, 0.3) is 0 Å². The van der Waals surface area contributed by atoms with Gasteiger partial charge in [-0.25, -0.2) is 0 Å². The summed E-state index contributed by atoms with van der Waals surface area (Å²) in [6, 6.07) is 11.4. The fourth-order valence-electron chi connectivity index (χ4n) is 2.86. The van der Waals surface area contributed by atoms with Crippen molar-refractivity contribution in [3.8, 4) is 0 Å². The van der Waals surface area contributed by atoms with Gasteiger partial charge < -0.3 is 10.2 Å². The maximum atomic E-state index is 12.4. The lowest BCUT2D eigenvalue weighted by Gasteiger charge is -2.32. The van der Waals surface area contributed by atoms with Gasteiger partial charge in [-0.1, -0.05) is 18.2 Å². The summed E-state index contributed by atoms with van der Waals surface area (Å²) in [7, 11) is 0. The number of hydrogen-bond acceptors (Lipinski definition) is 3. The van der Waals surface area contributed by atoms with E-state index in [0.29, 0.717) is 13.0 Å². The van der Waals surface area contributed by atoms with E-state index in [1.165, 1.54) is 0 Å². The number of thiophene rings is 1. The monoisotopic (exact) mass is 328 g/mol. The second kappa shape index (κ2) is 7.42. The Balaban J connectivity index is 1.57. The minimum absolute atomic E-state index is 0.00392. The van der Waals surface area contributed by atoms with Gasteiger partial charge in [-0.05, 0) is 47.4 Å². The average molecular weight is 328 g/mol. The molecule has 23 heavy (non-hydrogen) atoms. The molecule has 1 aliphatic heterocycles. The molecule has 0 saturated carbocycles. The van der Waals surface area contributed by atoms with E-state index >= 15 is 0 Å². The van der Waals surface area contributed by atoms with Crippen LogP contribution in [0.2, 0.25) is 0 Å².